The van der Waals surface area contributed by atoms with Crippen LogP contribution in [-0.2, 0) is 35.4 Å². The molecule has 3 aromatic carbocycles. The molecule has 0 radical (unpaired) electrons. The number of fused-ring (bicyclic) bond motifs is 2. The Morgan fingerprint density at radius 3 is 2.35 bits per heavy atom. The number of carbonyl (C=O) groups excluding carboxylic acids is 1. The summed E-state index contributed by atoms with van der Waals surface area (Å²) in [5.74, 6) is -0.324. The van der Waals surface area contributed by atoms with E-state index in [1.54, 1.807) is 0 Å². The van der Waals surface area contributed by atoms with Crippen LogP contribution in [0, 0.1) is 0 Å². The second-order valence-corrected chi connectivity index (χ2v) is 7.96. The van der Waals surface area contributed by atoms with Crippen LogP contribution in [-0.4, -0.2) is 5.97 Å². The molecule has 4 nitrogen and oxygen atoms in total. The molecule has 4 aromatic rings. The van der Waals surface area contributed by atoms with E-state index < -0.39 is 5.63 Å². The molecular weight excluding hydrogens is 388 g/mol. The Hall–Kier alpha value is -3.66. The molecule has 0 spiro atoms. The number of hydrogen-bond acceptors (Lipinski definition) is 4. The lowest BCUT2D eigenvalue weighted by Gasteiger charge is -2.09. The van der Waals surface area contributed by atoms with Gasteiger partial charge in [0.2, 0.25) is 0 Å². The molecule has 0 fully saturated rings. The van der Waals surface area contributed by atoms with Crippen molar-refractivity contribution in [1.29, 1.82) is 0 Å². The molecule has 0 N–H and O–H groups in total. The number of hydrogen-bond donors (Lipinski definition) is 0. The molecule has 1 aliphatic rings. The van der Waals surface area contributed by atoms with Gasteiger partial charge in [0.25, 0.3) is 0 Å². The van der Waals surface area contributed by atoms with Gasteiger partial charge in [0, 0.05) is 17.0 Å². The summed E-state index contributed by atoms with van der Waals surface area (Å²) in [4.78, 5) is 24.4. The van der Waals surface area contributed by atoms with Crippen molar-refractivity contribution < 1.29 is 13.9 Å². The van der Waals surface area contributed by atoms with Crippen LogP contribution < -0.4 is 5.63 Å². The fourth-order valence-electron chi connectivity index (χ4n) is 4.24. The second-order valence-electron chi connectivity index (χ2n) is 7.96. The topological polar surface area (TPSA) is 56.5 Å². The van der Waals surface area contributed by atoms with Crippen LogP contribution in [0.2, 0.25) is 0 Å². The SMILES string of the molecule is O=C(Cc1ccc(-c2ccccc2)cc1)OCc1cc(=O)oc2cc3c(cc12)CCC3. The van der Waals surface area contributed by atoms with Gasteiger partial charge in [-0.15, -0.1) is 0 Å². The van der Waals surface area contributed by atoms with E-state index >= 15 is 0 Å². The Kier molecular flexibility index (Phi) is 5.13. The maximum atomic E-state index is 12.4. The molecule has 0 amide bonds. The van der Waals surface area contributed by atoms with Crippen molar-refractivity contribution in [2.24, 2.45) is 0 Å². The van der Waals surface area contributed by atoms with Gasteiger partial charge in [-0.3, -0.25) is 4.79 Å². The lowest BCUT2D eigenvalue weighted by Crippen LogP contribution is -2.10. The van der Waals surface area contributed by atoms with Gasteiger partial charge in [-0.05, 0) is 59.2 Å². The van der Waals surface area contributed by atoms with Crippen LogP contribution in [0.25, 0.3) is 22.1 Å². The Bertz CT molecular complexity index is 1300. The Labute approximate surface area is 180 Å². The molecule has 0 saturated heterocycles. The van der Waals surface area contributed by atoms with Crippen molar-refractivity contribution in [2.45, 2.75) is 32.3 Å². The molecule has 0 unspecified atom stereocenters. The van der Waals surface area contributed by atoms with Gasteiger partial charge in [0.15, 0.2) is 0 Å². The predicted molar refractivity (Wildman–Crippen MR) is 120 cm³/mol. The zero-order valence-corrected chi connectivity index (χ0v) is 17.1. The van der Waals surface area contributed by atoms with E-state index in [2.05, 4.69) is 18.2 Å². The van der Waals surface area contributed by atoms with Crippen LogP contribution in [0.5, 0.6) is 0 Å². The summed E-state index contributed by atoms with van der Waals surface area (Å²) in [6.45, 7) is 0.0574. The minimum atomic E-state index is -0.423. The summed E-state index contributed by atoms with van der Waals surface area (Å²) in [7, 11) is 0. The zero-order valence-electron chi connectivity index (χ0n) is 17.1. The van der Waals surface area contributed by atoms with Crippen molar-refractivity contribution in [3.63, 3.8) is 0 Å². The zero-order chi connectivity index (χ0) is 21.2. The Morgan fingerprint density at radius 1 is 0.871 bits per heavy atom. The summed E-state index contributed by atoms with van der Waals surface area (Å²) < 4.78 is 10.9. The van der Waals surface area contributed by atoms with Crippen LogP contribution in [0.3, 0.4) is 0 Å². The fraction of sp³-hybridized carbons (Fsp3) is 0.185. The summed E-state index contributed by atoms with van der Waals surface area (Å²) in [5.41, 5.74) is 6.49. The van der Waals surface area contributed by atoms with Crippen molar-refractivity contribution >= 4 is 16.9 Å². The molecule has 1 aliphatic carbocycles. The lowest BCUT2D eigenvalue weighted by molar-refractivity contribution is -0.144. The van der Waals surface area contributed by atoms with Gasteiger partial charge < -0.3 is 9.15 Å². The summed E-state index contributed by atoms with van der Waals surface area (Å²) in [6.07, 6.45) is 3.34. The summed E-state index contributed by atoms with van der Waals surface area (Å²) in [5, 5.41) is 0.847. The smallest absolute Gasteiger partial charge is 0.336 e. The first-order valence-electron chi connectivity index (χ1n) is 10.5. The Balaban J connectivity index is 1.29. The highest BCUT2D eigenvalue weighted by Gasteiger charge is 2.16. The predicted octanol–water partition coefficient (Wildman–Crippen LogP) is 5.23. The first-order valence-corrected chi connectivity index (χ1v) is 10.5. The van der Waals surface area contributed by atoms with E-state index in [-0.39, 0.29) is 19.0 Å². The van der Waals surface area contributed by atoms with Gasteiger partial charge in [0.1, 0.15) is 12.2 Å². The van der Waals surface area contributed by atoms with Gasteiger partial charge in [-0.25, -0.2) is 4.79 Å². The molecule has 154 valence electrons. The quantitative estimate of drug-likeness (QED) is 0.334. The molecule has 0 bridgehead atoms. The maximum absolute atomic E-state index is 12.4. The van der Waals surface area contributed by atoms with Crippen LogP contribution in [0.4, 0.5) is 0 Å². The average molecular weight is 410 g/mol. The fourth-order valence-corrected chi connectivity index (χ4v) is 4.24. The normalized spacial score (nSPS) is 12.6. The van der Waals surface area contributed by atoms with E-state index in [0.717, 1.165) is 41.3 Å². The average Bonchev–Trinajstić information content (AvgIpc) is 3.24. The van der Waals surface area contributed by atoms with Crippen LogP contribution >= 0.6 is 0 Å². The third-order valence-electron chi connectivity index (χ3n) is 5.84. The van der Waals surface area contributed by atoms with Gasteiger partial charge in [0.05, 0.1) is 6.42 Å². The third kappa shape index (κ3) is 4.15. The second kappa shape index (κ2) is 8.23. The van der Waals surface area contributed by atoms with E-state index in [1.165, 1.54) is 17.2 Å². The minimum absolute atomic E-state index is 0.0574. The lowest BCUT2D eigenvalue weighted by atomic mass is 10.0. The van der Waals surface area contributed by atoms with Crippen molar-refractivity contribution in [1.82, 2.24) is 0 Å². The van der Waals surface area contributed by atoms with Crippen molar-refractivity contribution in [2.75, 3.05) is 0 Å². The molecule has 31 heavy (non-hydrogen) atoms. The summed E-state index contributed by atoms with van der Waals surface area (Å²) in [6, 6.07) is 23.5. The number of carbonyl (C=O) groups is 1. The maximum Gasteiger partial charge on any atom is 0.336 e. The van der Waals surface area contributed by atoms with Crippen molar-refractivity contribution in [3.8, 4) is 11.1 Å². The molecule has 5 rings (SSSR count). The number of aryl methyl sites for hydroxylation is 2. The van der Waals surface area contributed by atoms with Crippen LogP contribution in [0.15, 0.2) is 82.0 Å². The van der Waals surface area contributed by atoms with Crippen LogP contribution in [0.1, 0.15) is 28.7 Å². The number of esters is 1. The van der Waals surface area contributed by atoms with E-state index in [1.807, 2.05) is 48.5 Å². The number of rotatable bonds is 5. The molecule has 1 aromatic heterocycles. The molecule has 4 heteroatoms. The van der Waals surface area contributed by atoms with E-state index in [0.29, 0.717) is 11.1 Å². The standard InChI is InChI=1S/C27H22O4/c28-26(13-18-9-11-20(12-10-18)19-5-2-1-3-6-19)30-17-23-16-27(29)31-25-15-22-8-4-7-21(22)14-24(23)25/h1-3,5-6,9-12,14-16H,4,7-8,13,17H2. The highest BCUT2D eigenvalue weighted by molar-refractivity contribution is 5.82. The van der Waals surface area contributed by atoms with Gasteiger partial charge in [-0.2, -0.15) is 0 Å². The largest absolute Gasteiger partial charge is 0.461 e. The molecule has 1 heterocycles. The number of benzene rings is 3. The van der Waals surface area contributed by atoms with Gasteiger partial charge >= 0.3 is 11.6 Å². The minimum Gasteiger partial charge on any atom is -0.461 e. The van der Waals surface area contributed by atoms with E-state index in [4.69, 9.17) is 9.15 Å². The molecule has 0 atom stereocenters. The first kappa shape index (κ1) is 19.3. The third-order valence-corrected chi connectivity index (χ3v) is 5.84. The first-order chi connectivity index (χ1) is 15.2. The van der Waals surface area contributed by atoms with E-state index in [9.17, 15) is 9.59 Å². The molecule has 0 saturated carbocycles. The summed E-state index contributed by atoms with van der Waals surface area (Å²) >= 11 is 0. The Morgan fingerprint density at radius 2 is 1.58 bits per heavy atom. The molecule has 0 aliphatic heterocycles. The highest BCUT2D eigenvalue weighted by Crippen LogP contribution is 2.29. The highest BCUT2D eigenvalue weighted by atomic mass is 16.5. The van der Waals surface area contributed by atoms with Gasteiger partial charge in [-0.1, -0.05) is 54.6 Å². The number of ether oxygens (including phenoxy) is 1. The molecular formula is C27H22O4. The van der Waals surface area contributed by atoms with Crippen molar-refractivity contribution in [3.05, 3.63) is 105 Å². The monoisotopic (exact) mass is 410 g/mol.